The van der Waals surface area contributed by atoms with Crippen LogP contribution in [0.4, 0.5) is 10.1 Å². The molecule has 1 aromatic heterocycles. The maximum Gasteiger partial charge on any atom is 0.146 e. The van der Waals surface area contributed by atoms with Crippen molar-refractivity contribution in [1.29, 1.82) is 0 Å². The van der Waals surface area contributed by atoms with Gasteiger partial charge in [-0.2, -0.15) is 0 Å². The smallest absolute Gasteiger partial charge is 0.146 e. The third kappa shape index (κ3) is 4.33. The summed E-state index contributed by atoms with van der Waals surface area (Å²) in [5.41, 5.74) is 0.655. The highest BCUT2D eigenvalue weighted by molar-refractivity contribution is 7.09. The summed E-state index contributed by atoms with van der Waals surface area (Å²) in [6.45, 7) is 2.62. The first-order chi connectivity index (χ1) is 9.27. The molecule has 0 unspecified atom stereocenters. The Morgan fingerprint density at radius 1 is 1.16 bits per heavy atom. The number of anilines is 1. The molecule has 2 aromatic rings. The largest absolute Gasteiger partial charge is 0.371 e. The highest BCUT2D eigenvalue weighted by atomic mass is 32.1. The molecule has 0 amide bonds. The van der Waals surface area contributed by atoms with Gasteiger partial charge in [0.05, 0.1) is 5.69 Å². The van der Waals surface area contributed by atoms with Crippen molar-refractivity contribution in [2.75, 3.05) is 31.6 Å². The number of thiophene rings is 1. The lowest BCUT2D eigenvalue weighted by Gasteiger charge is -2.20. The molecular formula is C15H19FN2S. The predicted octanol–water partition coefficient (Wildman–Crippen LogP) is 3.16. The predicted molar refractivity (Wildman–Crippen MR) is 80.6 cm³/mol. The molecule has 0 bridgehead atoms. The Kier molecular flexibility index (Phi) is 5.36. The quantitative estimate of drug-likeness (QED) is 0.783. The Balaban J connectivity index is 1.67. The molecule has 0 aliphatic carbocycles. The third-order valence-electron chi connectivity index (χ3n) is 3.02. The van der Waals surface area contributed by atoms with E-state index in [9.17, 15) is 4.39 Å². The molecule has 0 spiro atoms. The summed E-state index contributed by atoms with van der Waals surface area (Å²) < 4.78 is 13.5. The van der Waals surface area contributed by atoms with Crippen LogP contribution < -0.4 is 10.2 Å². The molecule has 2 rings (SSSR count). The van der Waals surface area contributed by atoms with Gasteiger partial charge in [-0.1, -0.05) is 18.2 Å². The van der Waals surface area contributed by atoms with Gasteiger partial charge in [-0.3, -0.25) is 0 Å². The standard InChI is InChI=1S/C15H19FN2S/c1-18(15-7-3-2-6-14(15)16)11-10-17-9-8-13-5-4-12-19-13/h2-7,12,17H,8-11H2,1H3. The number of hydrogen-bond acceptors (Lipinski definition) is 3. The van der Waals surface area contributed by atoms with Crippen LogP contribution in [-0.2, 0) is 6.42 Å². The first kappa shape index (κ1) is 14.0. The Bertz CT molecular complexity index is 485. The summed E-state index contributed by atoms with van der Waals surface area (Å²) in [5, 5.41) is 5.48. The number of nitrogens with zero attached hydrogens (tertiary/aromatic N) is 1. The minimum absolute atomic E-state index is 0.163. The lowest BCUT2D eigenvalue weighted by molar-refractivity contribution is 0.616. The van der Waals surface area contributed by atoms with Crippen molar-refractivity contribution in [2.24, 2.45) is 0 Å². The molecule has 0 fully saturated rings. The monoisotopic (exact) mass is 278 g/mol. The van der Waals surface area contributed by atoms with Crippen molar-refractivity contribution < 1.29 is 4.39 Å². The fourth-order valence-corrected chi connectivity index (χ4v) is 2.63. The van der Waals surface area contributed by atoms with Crippen LogP contribution in [0.5, 0.6) is 0 Å². The van der Waals surface area contributed by atoms with E-state index in [1.807, 2.05) is 18.0 Å². The van der Waals surface area contributed by atoms with E-state index in [1.54, 1.807) is 23.5 Å². The average molecular weight is 278 g/mol. The maximum atomic E-state index is 13.5. The first-order valence-electron chi connectivity index (χ1n) is 6.46. The molecule has 0 saturated heterocycles. The molecule has 4 heteroatoms. The van der Waals surface area contributed by atoms with E-state index in [0.717, 1.165) is 26.1 Å². The van der Waals surface area contributed by atoms with Crippen molar-refractivity contribution in [3.05, 3.63) is 52.5 Å². The fourth-order valence-electron chi connectivity index (χ4n) is 1.92. The summed E-state index contributed by atoms with van der Waals surface area (Å²) in [6, 6.07) is 11.1. The van der Waals surface area contributed by atoms with Crippen molar-refractivity contribution in [2.45, 2.75) is 6.42 Å². The summed E-state index contributed by atoms with van der Waals surface area (Å²) >= 11 is 1.79. The normalized spacial score (nSPS) is 10.6. The topological polar surface area (TPSA) is 15.3 Å². The molecule has 0 aliphatic heterocycles. The van der Waals surface area contributed by atoms with Crippen LogP contribution in [0.2, 0.25) is 0 Å². The number of rotatable bonds is 7. The van der Waals surface area contributed by atoms with Gasteiger partial charge < -0.3 is 10.2 Å². The average Bonchev–Trinajstić information content (AvgIpc) is 2.92. The zero-order valence-electron chi connectivity index (χ0n) is 11.1. The third-order valence-corrected chi connectivity index (χ3v) is 3.95. The van der Waals surface area contributed by atoms with Crippen LogP contribution in [0.15, 0.2) is 41.8 Å². The van der Waals surface area contributed by atoms with Gasteiger partial charge in [-0.05, 0) is 30.0 Å². The van der Waals surface area contributed by atoms with Crippen molar-refractivity contribution >= 4 is 17.0 Å². The number of benzene rings is 1. The number of hydrogen-bond donors (Lipinski definition) is 1. The van der Waals surface area contributed by atoms with Gasteiger partial charge in [0.25, 0.3) is 0 Å². The first-order valence-corrected chi connectivity index (χ1v) is 7.34. The Hall–Kier alpha value is -1.39. The van der Waals surface area contributed by atoms with Crippen LogP contribution in [0.25, 0.3) is 0 Å². The van der Waals surface area contributed by atoms with Crippen molar-refractivity contribution in [3.8, 4) is 0 Å². The summed E-state index contributed by atoms with van der Waals surface area (Å²) in [4.78, 5) is 3.34. The molecule has 0 aliphatic rings. The zero-order chi connectivity index (χ0) is 13.5. The molecule has 19 heavy (non-hydrogen) atoms. The van der Waals surface area contributed by atoms with E-state index in [4.69, 9.17) is 0 Å². The molecule has 1 N–H and O–H groups in total. The van der Waals surface area contributed by atoms with Crippen molar-refractivity contribution in [3.63, 3.8) is 0 Å². The van der Waals surface area contributed by atoms with E-state index in [0.29, 0.717) is 5.69 Å². The van der Waals surface area contributed by atoms with Gasteiger partial charge in [0.15, 0.2) is 0 Å². The molecule has 1 heterocycles. The molecule has 0 radical (unpaired) electrons. The maximum absolute atomic E-state index is 13.5. The molecular weight excluding hydrogens is 259 g/mol. The molecule has 0 saturated carbocycles. The van der Waals surface area contributed by atoms with E-state index in [1.165, 1.54) is 10.9 Å². The van der Waals surface area contributed by atoms with E-state index in [2.05, 4.69) is 22.8 Å². The number of nitrogens with one attached hydrogen (secondary N) is 1. The van der Waals surface area contributed by atoms with Gasteiger partial charge in [0.2, 0.25) is 0 Å². The van der Waals surface area contributed by atoms with Crippen LogP contribution >= 0.6 is 11.3 Å². The summed E-state index contributed by atoms with van der Waals surface area (Å²) in [6.07, 6.45) is 1.06. The lowest BCUT2D eigenvalue weighted by atomic mass is 10.3. The van der Waals surface area contributed by atoms with Crippen LogP contribution in [-0.4, -0.2) is 26.7 Å². The van der Waals surface area contributed by atoms with Gasteiger partial charge >= 0.3 is 0 Å². The molecule has 2 nitrogen and oxygen atoms in total. The minimum atomic E-state index is -0.163. The second kappa shape index (κ2) is 7.26. The van der Waals surface area contributed by atoms with Crippen LogP contribution in [0, 0.1) is 5.82 Å². The van der Waals surface area contributed by atoms with Gasteiger partial charge in [-0.15, -0.1) is 11.3 Å². The van der Waals surface area contributed by atoms with E-state index >= 15 is 0 Å². The Morgan fingerprint density at radius 2 is 2.00 bits per heavy atom. The molecule has 102 valence electrons. The number of para-hydroxylation sites is 1. The Morgan fingerprint density at radius 3 is 2.74 bits per heavy atom. The second-order valence-corrected chi connectivity index (χ2v) is 5.48. The van der Waals surface area contributed by atoms with Crippen molar-refractivity contribution in [1.82, 2.24) is 5.32 Å². The molecule has 0 atom stereocenters. The highest BCUT2D eigenvalue weighted by Crippen LogP contribution is 2.16. The number of likely N-dealkylation sites (N-methyl/N-ethyl adjacent to an activating group) is 1. The highest BCUT2D eigenvalue weighted by Gasteiger charge is 2.05. The fraction of sp³-hybridized carbons (Fsp3) is 0.333. The second-order valence-electron chi connectivity index (χ2n) is 4.45. The van der Waals surface area contributed by atoms with Crippen LogP contribution in [0.1, 0.15) is 4.88 Å². The van der Waals surface area contributed by atoms with Gasteiger partial charge in [-0.25, -0.2) is 4.39 Å². The number of halogens is 1. The molecule has 1 aromatic carbocycles. The van der Waals surface area contributed by atoms with E-state index < -0.39 is 0 Å². The van der Waals surface area contributed by atoms with Gasteiger partial charge in [0.1, 0.15) is 5.82 Å². The van der Waals surface area contributed by atoms with Gasteiger partial charge in [0, 0.05) is 31.6 Å². The minimum Gasteiger partial charge on any atom is -0.371 e. The van der Waals surface area contributed by atoms with E-state index in [-0.39, 0.29) is 5.82 Å². The van der Waals surface area contributed by atoms with Crippen LogP contribution in [0.3, 0.4) is 0 Å². The SMILES string of the molecule is CN(CCNCCc1cccs1)c1ccccc1F. The lowest BCUT2D eigenvalue weighted by Crippen LogP contribution is -2.30. The summed E-state index contributed by atoms with van der Waals surface area (Å²) in [5.74, 6) is -0.163. The Labute approximate surface area is 117 Å². The zero-order valence-corrected chi connectivity index (χ0v) is 11.9. The summed E-state index contributed by atoms with van der Waals surface area (Å²) in [7, 11) is 1.92.